The van der Waals surface area contributed by atoms with Gasteiger partial charge in [0.1, 0.15) is 12.1 Å². The second kappa shape index (κ2) is 10.9. The number of hydrogen-bond acceptors (Lipinski definition) is 5. The Bertz CT molecular complexity index is 1100. The second-order valence-corrected chi connectivity index (χ2v) is 10.7. The van der Waals surface area contributed by atoms with Crippen LogP contribution in [0.25, 0.3) is 5.57 Å². The van der Waals surface area contributed by atoms with Gasteiger partial charge >= 0.3 is 5.97 Å². The second-order valence-electron chi connectivity index (χ2n) is 10.3. The van der Waals surface area contributed by atoms with E-state index in [4.69, 9.17) is 27.4 Å². The number of carboxylic acids is 1. The Morgan fingerprint density at radius 3 is 2.49 bits per heavy atom. The van der Waals surface area contributed by atoms with E-state index >= 15 is 0 Å². The maximum absolute atomic E-state index is 12.5. The molecule has 0 amide bonds. The fourth-order valence-corrected chi connectivity index (χ4v) is 5.72. The number of halogens is 1. The zero-order valence-electron chi connectivity index (χ0n) is 21.1. The third kappa shape index (κ3) is 5.75. The number of carbonyl (C=O) groups is 2. The number of aromatic nitrogens is 2. The molecule has 0 saturated heterocycles. The summed E-state index contributed by atoms with van der Waals surface area (Å²) < 4.78 is 0. The van der Waals surface area contributed by atoms with Gasteiger partial charge in [-0.05, 0) is 74.1 Å². The van der Waals surface area contributed by atoms with Crippen molar-refractivity contribution >= 4 is 35.2 Å². The first-order valence-electron chi connectivity index (χ1n) is 12.3. The van der Waals surface area contributed by atoms with Gasteiger partial charge in [0, 0.05) is 28.3 Å². The fraction of sp³-hybridized carbons (Fsp3) is 0.500. The van der Waals surface area contributed by atoms with Gasteiger partial charge in [-0.2, -0.15) is 0 Å². The van der Waals surface area contributed by atoms with E-state index in [2.05, 4.69) is 25.4 Å². The third-order valence-electron chi connectivity index (χ3n) is 7.59. The van der Waals surface area contributed by atoms with Crippen molar-refractivity contribution in [3.63, 3.8) is 0 Å². The molecule has 1 aromatic heterocycles. The molecule has 1 aliphatic rings. The van der Waals surface area contributed by atoms with Crippen molar-refractivity contribution in [2.75, 3.05) is 5.73 Å². The van der Waals surface area contributed by atoms with Crippen molar-refractivity contribution in [3.05, 3.63) is 58.0 Å². The van der Waals surface area contributed by atoms with Crippen LogP contribution in [-0.2, 0) is 15.0 Å². The quantitative estimate of drug-likeness (QED) is 0.392. The maximum Gasteiger partial charge on any atom is 0.303 e. The molecule has 1 atom stereocenters. The highest BCUT2D eigenvalue weighted by Crippen LogP contribution is 2.45. The number of rotatable bonds is 9. The van der Waals surface area contributed by atoms with E-state index in [1.54, 1.807) is 0 Å². The molecule has 188 valence electrons. The molecule has 1 aliphatic carbocycles. The van der Waals surface area contributed by atoms with Crippen LogP contribution < -0.4 is 5.73 Å². The first-order valence-corrected chi connectivity index (χ1v) is 12.7. The number of aliphatic carboxylic acids is 1. The van der Waals surface area contributed by atoms with Gasteiger partial charge in [0.05, 0.1) is 5.41 Å². The predicted molar refractivity (Wildman–Crippen MR) is 141 cm³/mol. The lowest BCUT2D eigenvalue weighted by molar-refractivity contribution is -0.137. The largest absolute Gasteiger partial charge is 0.481 e. The zero-order chi connectivity index (χ0) is 25.9. The monoisotopic (exact) mass is 497 g/mol. The number of carbonyl (C=O) groups excluding carboxylic acids is 1. The summed E-state index contributed by atoms with van der Waals surface area (Å²) in [5, 5.41) is 9.64. The number of aryl methyl sites for hydroxylation is 1. The average Bonchev–Trinajstić information content (AvgIpc) is 2.81. The Hall–Kier alpha value is -2.73. The first-order chi connectivity index (χ1) is 16.5. The predicted octanol–water partition coefficient (Wildman–Crippen LogP) is 6.33. The SMILES string of the molecule is C=C(c1nc(C)c(C(C)(C=O)C2CCC(CCC(=O)O)CC2)c(N)n1)c1ccc(Cl)cc1C(C)C. The lowest BCUT2D eigenvalue weighted by Gasteiger charge is -2.39. The molecule has 1 unspecified atom stereocenters. The lowest BCUT2D eigenvalue weighted by Crippen LogP contribution is -2.38. The number of nitrogens with two attached hydrogens (primary N) is 1. The molecule has 1 fully saturated rings. The first kappa shape index (κ1) is 26.9. The van der Waals surface area contributed by atoms with Crippen LogP contribution in [0, 0.1) is 18.8 Å². The molecule has 0 bridgehead atoms. The Balaban J connectivity index is 1.90. The molecule has 6 nitrogen and oxygen atoms in total. The molecular formula is C28H36ClN3O3. The van der Waals surface area contributed by atoms with E-state index < -0.39 is 11.4 Å². The molecular weight excluding hydrogens is 462 g/mol. The topological polar surface area (TPSA) is 106 Å². The van der Waals surface area contributed by atoms with Crippen molar-refractivity contribution in [1.29, 1.82) is 0 Å². The van der Waals surface area contributed by atoms with Gasteiger partial charge in [0.15, 0.2) is 5.82 Å². The number of aldehydes is 1. The third-order valence-corrected chi connectivity index (χ3v) is 7.83. The van der Waals surface area contributed by atoms with Crippen LogP contribution in [0.15, 0.2) is 24.8 Å². The Morgan fingerprint density at radius 2 is 1.94 bits per heavy atom. The summed E-state index contributed by atoms with van der Waals surface area (Å²) in [4.78, 5) is 32.8. The van der Waals surface area contributed by atoms with Crippen LogP contribution in [-0.4, -0.2) is 27.3 Å². The lowest BCUT2D eigenvalue weighted by atomic mass is 9.64. The highest BCUT2D eigenvalue weighted by atomic mass is 35.5. The molecule has 35 heavy (non-hydrogen) atoms. The summed E-state index contributed by atoms with van der Waals surface area (Å²) in [5.41, 5.74) is 9.69. The van der Waals surface area contributed by atoms with Crippen molar-refractivity contribution in [2.45, 2.75) is 77.6 Å². The number of carboxylic acid groups (broad SMARTS) is 1. The molecule has 0 radical (unpaired) electrons. The molecule has 3 N–H and O–H groups in total. The highest BCUT2D eigenvalue weighted by molar-refractivity contribution is 6.30. The number of benzene rings is 1. The van der Waals surface area contributed by atoms with E-state index in [9.17, 15) is 9.59 Å². The normalized spacial score (nSPS) is 19.8. The van der Waals surface area contributed by atoms with Crippen LogP contribution in [0.5, 0.6) is 0 Å². The van der Waals surface area contributed by atoms with Crippen molar-refractivity contribution < 1.29 is 14.7 Å². The van der Waals surface area contributed by atoms with Gasteiger partial charge in [-0.15, -0.1) is 0 Å². The minimum atomic E-state index is -0.810. The maximum atomic E-state index is 12.5. The molecule has 1 saturated carbocycles. The minimum Gasteiger partial charge on any atom is -0.481 e. The van der Waals surface area contributed by atoms with Crippen LogP contribution >= 0.6 is 11.6 Å². The molecule has 1 heterocycles. The summed E-state index contributed by atoms with van der Waals surface area (Å²) in [6.45, 7) is 12.2. The van der Waals surface area contributed by atoms with Gasteiger partial charge < -0.3 is 15.6 Å². The standard InChI is InChI=1S/C28H36ClN3O3/c1-16(2)23-14-21(29)11-12-22(23)17(3)27-31-18(4)25(26(30)32-27)28(5,15-33)20-9-6-19(7-10-20)8-13-24(34)35/h11-12,14-16,19-20H,3,6-10,13H2,1-2,4-5H3,(H,34,35)(H2,30,31,32). The number of hydrogen-bond donors (Lipinski definition) is 2. The molecule has 7 heteroatoms. The fourth-order valence-electron chi connectivity index (χ4n) is 5.54. The average molecular weight is 498 g/mol. The van der Waals surface area contributed by atoms with Gasteiger partial charge in [-0.25, -0.2) is 9.97 Å². The van der Waals surface area contributed by atoms with Gasteiger partial charge in [0.2, 0.25) is 0 Å². The van der Waals surface area contributed by atoms with Gasteiger partial charge in [-0.1, -0.05) is 50.9 Å². The molecule has 0 aliphatic heterocycles. The summed E-state index contributed by atoms with van der Waals surface area (Å²) in [7, 11) is 0. The molecule has 0 spiro atoms. The van der Waals surface area contributed by atoms with Crippen LogP contribution in [0.3, 0.4) is 0 Å². The molecule has 3 rings (SSSR count). The zero-order valence-corrected chi connectivity index (χ0v) is 21.9. The highest BCUT2D eigenvalue weighted by Gasteiger charge is 2.41. The summed E-state index contributed by atoms with van der Waals surface area (Å²) >= 11 is 6.22. The van der Waals surface area contributed by atoms with Crippen LogP contribution in [0.1, 0.15) is 93.4 Å². The molecule has 1 aromatic carbocycles. The Labute approximate surface area is 213 Å². The summed E-state index contributed by atoms with van der Waals surface area (Å²) in [5.74, 6) is 0.708. The number of anilines is 1. The van der Waals surface area contributed by atoms with Crippen LogP contribution in [0.2, 0.25) is 5.02 Å². The van der Waals surface area contributed by atoms with E-state index in [0.717, 1.165) is 43.1 Å². The van der Waals surface area contributed by atoms with Gasteiger partial charge in [-0.3, -0.25) is 4.79 Å². The summed E-state index contributed by atoms with van der Waals surface area (Å²) in [6, 6.07) is 5.70. The van der Waals surface area contributed by atoms with Crippen molar-refractivity contribution in [2.24, 2.45) is 11.8 Å². The van der Waals surface area contributed by atoms with Crippen molar-refractivity contribution in [3.8, 4) is 0 Å². The minimum absolute atomic E-state index is 0.100. The van der Waals surface area contributed by atoms with E-state index in [1.165, 1.54) is 0 Å². The summed E-state index contributed by atoms with van der Waals surface area (Å²) in [6.07, 6.45) is 5.36. The molecule has 2 aromatic rings. The van der Waals surface area contributed by atoms with E-state index in [0.29, 0.717) is 45.8 Å². The number of nitrogen functional groups attached to an aromatic ring is 1. The van der Waals surface area contributed by atoms with Gasteiger partial charge in [0.25, 0.3) is 0 Å². The van der Waals surface area contributed by atoms with E-state index in [-0.39, 0.29) is 18.3 Å². The van der Waals surface area contributed by atoms with E-state index in [1.807, 2.05) is 32.0 Å². The Morgan fingerprint density at radius 1 is 1.29 bits per heavy atom. The van der Waals surface area contributed by atoms with Crippen molar-refractivity contribution in [1.82, 2.24) is 9.97 Å². The smallest absolute Gasteiger partial charge is 0.303 e. The number of nitrogens with zero attached hydrogens (tertiary/aromatic N) is 2. The Kier molecular flexibility index (Phi) is 8.37. The van der Waals surface area contributed by atoms with Crippen LogP contribution in [0.4, 0.5) is 5.82 Å².